The van der Waals surface area contributed by atoms with E-state index in [1.54, 1.807) is 37.3 Å². The van der Waals surface area contributed by atoms with Crippen molar-refractivity contribution in [1.82, 2.24) is 5.32 Å². The molecule has 1 aliphatic rings. The summed E-state index contributed by atoms with van der Waals surface area (Å²) in [5.41, 5.74) is -0.429. The summed E-state index contributed by atoms with van der Waals surface area (Å²) in [6, 6.07) is 16.1. The van der Waals surface area contributed by atoms with E-state index < -0.39 is 38.9 Å². The van der Waals surface area contributed by atoms with E-state index in [1.165, 1.54) is 18.2 Å². The van der Waals surface area contributed by atoms with E-state index in [2.05, 4.69) is 10.2 Å². The van der Waals surface area contributed by atoms with E-state index in [-0.39, 0.29) is 10.6 Å². The second-order valence-corrected chi connectivity index (χ2v) is 9.63. The number of urea groups is 1. The van der Waals surface area contributed by atoms with Crippen molar-refractivity contribution in [2.75, 3.05) is 10.7 Å². The van der Waals surface area contributed by atoms with Gasteiger partial charge in [0.1, 0.15) is 5.82 Å². The minimum atomic E-state index is -4.12. The summed E-state index contributed by atoms with van der Waals surface area (Å²) in [6.07, 6.45) is 0. The Hall–Kier alpha value is -4.03. The van der Waals surface area contributed by atoms with Gasteiger partial charge in [-0.15, -0.1) is 0 Å². The Morgan fingerprint density at radius 1 is 1.03 bits per heavy atom. The molecule has 3 aromatic carbocycles. The van der Waals surface area contributed by atoms with Gasteiger partial charge in [-0.2, -0.15) is 0 Å². The summed E-state index contributed by atoms with van der Waals surface area (Å²) in [5, 5.41) is 2.59. The van der Waals surface area contributed by atoms with Crippen molar-refractivity contribution >= 4 is 33.2 Å². The topological polar surface area (TPSA) is 87.9 Å². The molecule has 0 saturated carbocycles. The monoisotopic (exact) mass is 463 g/mol. The van der Waals surface area contributed by atoms with Crippen LogP contribution in [0.3, 0.4) is 0 Å². The van der Waals surface area contributed by atoms with Crippen molar-refractivity contribution in [3.05, 3.63) is 101 Å². The van der Waals surface area contributed by atoms with E-state index in [0.29, 0.717) is 16.8 Å². The first-order valence-corrected chi connectivity index (χ1v) is 11.5. The Bertz CT molecular complexity index is 1400. The van der Waals surface area contributed by atoms with Crippen LogP contribution in [-0.4, -0.2) is 26.1 Å². The number of hydrogen-bond donors (Lipinski definition) is 1. The normalized spacial score (nSPS) is 18.2. The Balaban J connectivity index is 1.82. The third-order valence-electron chi connectivity index (χ3n) is 5.50. The number of nitrogens with one attached hydrogen (secondary N) is 1. The van der Waals surface area contributed by atoms with Gasteiger partial charge in [-0.3, -0.25) is 4.79 Å². The number of carbonyl (C=O) groups excluding carboxylic acids is 2. The molecule has 9 heteroatoms. The lowest BCUT2D eigenvalue weighted by Crippen LogP contribution is -2.49. The summed E-state index contributed by atoms with van der Waals surface area (Å²) >= 11 is 0. The van der Waals surface area contributed by atoms with Gasteiger partial charge in [0.25, 0.3) is 5.91 Å². The fourth-order valence-corrected chi connectivity index (χ4v) is 5.47. The first-order valence-electron chi connectivity index (χ1n) is 9.87. The van der Waals surface area contributed by atoms with Crippen LogP contribution in [0.5, 0.6) is 0 Å². The average Bonchev–Trinajstić information content (AvgIpc) is 3.04. The summed E-state index contributed by atoms with van der Waals surface area (Å²) in [4.78, 5) is 30.8. The molecular weight excluding hydrogens is 445 g/mol. The molecule has 1 heterocycles. The van der Waals surface area contributed by atoms with Gasteiger partial charge in [0.15, 0.2) is 21.1 Å². The van der Waals surface area contributed by atoms with Crippen molar-refractivity contribution in [2.45, 2.75) is 17.4 Å². The molecule has 3 amide bonds. The number of anilines is 1. The van der Waals surface area contributed by atoms with E-state index in [0.717, 1.165) is 29.2 Å². The fourth-order valence-electron chi connectivity index (χ4n) is 3.82. The summed E-state index contributed by atoms with van der Waals surface area (Å²) in [5.74, 6) is -2.11. The van der Waals surface area contributed by atoms with E-state index >= 15 is 0 Å². The first kappa shape index (κ1) is 22.2. The summed E-state index contributed by atoms with van der Waals surface area (Å²) in [6.45, 7) is 8.87. The number of halogens is 1. The number of nitrogens with zero attached hydrogens (tertiary/aromatic N) is 2. The molecule has 7 nitrogen and oxygen atoms in total. The molecule has 1 aliphatic heterocycles. The van der Waals surface area contributed by atoms with Crippen molar-refractivity contribution < 1.29 is 22.4 Å². The van der Waals surface area contributed by atoms with E-state index in [1.807, 2.05) is 0 Å². The second-order valence-electron chi connectivity index (χ2n) is 7.64. The molecule has 166 valence electrons. The van der Waals surface area contributed by atoms with E-state index in [9.17, 15) is 22.4 Å². The predicted molar refractivity (Wildman–Crippen MR) is 120 cm³/mol. The minimum Gasteiger partial charge on any atom is -0.318 e. The number of aryl methyl sites for hydroxylation is 1. The number of amides is 3. The predicted octanol–water partition coefficient (Wildman–Crippen LogP) is 4.11. The quantitative estimate of drug-likeness (QED) is 0.350. The van der Waals surface area contributed by atoms with Crippen LogP contribution in [0.25, 0.3) is 4.85 Å². The molecule has 33 heavy (non-hydrogen) atoms. The van der Waals surface area contributed by atoms with Crippen molar-refractivity contribution in [1.29, 1.82) is 0 Å². The molecule has 3 aromatic rings. The Morgan fingerprint density at radius 3 is 2.30 bits per heavy atom. The van der Waals surface area contributed by atoms with Crippen molar-refractivity contribution in [3.63, 3.8) is 0 Å². The lowest BCUT2D eigenvalue weighted by molar-refractivity contribution is -0.121. The first-order chi connectivity index (χ1) is 15.7. The second kappa shape index (κ2) is 8.15. The van der Waals surface area contributed by atoms with Gasteiger partial charge in [-0.1, -0.05) is 36.4 Å². The van der Waals surface area contributed by atoms with Gasteiger partial charge in [-0.05, 0) is 54.4 Å². The summed E-state index contributed by atoms with van der Waals surface area (Å²) < 4.78 is 39.8. The molecule has 0 bridgehead atoms. The molecular formula is C24H18FN3O4S. The van der Waals surface area contributed by atoms with Crippen molar-refractivity contribution in [3.8, 4) is 0 Å². The third-order valence-corrected chi connectivity index (χ3v) is 7.30. The van der Waals surface area contributed by atoms with Gasteiger partial charge in [0.05, 0.1) is 22.9 Å². The average molecular weight is 463 g/mol. The lowest BCUT2D eigenvalue weighted by Gasteiger charge is -2.27. The highest BCUT2D eigenvalue weighted by Gasteiger charge is 2.55. The molecule has 0 spiro atoms. The zero-order chi connectivity index (χ0) is 23.8. The molecule has 0 aromatic heterocycles. The maximum absolute atomic E-state index is 13.7. The standard InChI is InChI=1S/C24H18FN3O4S/c1-16-14-19(10-13-21(16)26-2)28-22(29)24(27-23(28)30,17-6-4-3-5-7-17)15-33(31,32)20-11-8-18(25)9-12-20/h3-14H,15H2,1H3,(H,27,30)/t24-/m1/s1. The highest BCUT2D eigenvalue weighted by molar-refractivity contribution is 7.91. The van der Waals surface area contributed by atoms with Crippen LogP contribution >= 0.6 is 0 Å². The minimum absolute atomic E-state index is 0.169. The smallest absolute Gasteiger partial charge is 0.318 e. The number of hydrogen-bond acceptors (Lipinski definition) is 4. The van der Waals surface area contributed by atoms with E-state index in [4.69, 9.17) is 6.57 Å². The maximum atomic E-state index is 13.7. The number of carbonyl (C=O) groups is 2. The highest BCUT2D eigenvalue weighted by atomic mass is 32.2. The van der Waals surface area contributed by atoms with Crippen LogP contribution in [0.2, 0.25) is 0 Å². The van der Waals surface area contributed by atoms with Crippen LogP contribution in [0.15, 0.2) is 77.7 Å². The molecule has 1 atom stereocenters. The molecule has 1 N–H and O–H groups in total. The number of benzene rings is 3. The zero-order valence-electron chi connectivity index (χ0n) is 17.4. The lowest BCUT2D eigenvalue weighted by atomic mass is 9.91. The molecule has 4 rings (SSSR count). The van der Waals surface area contributed by atoms with Crippen LogP contribution in [0, 0.1) is 19.3 Å². The highest BCUT2D eigenvalue weighted by Crippen LogP contribution is 2.36. The molecule has 0 radical (unpaired) electrons. The Morgan fingerprint density at radius 2 is 1.70 bits per heavy atom. The Kier molecular flexibility index (Phi) is 5.47. The fraction of sp³-hybridized carbons (Fsp3) is 0.125. The maximum Gasteiger partial charge on any atom is 0.329 e. The number of sulfone groups is 1. The van der Waals surface area contributed by atoms with Gasteiger partial charge >= 0.3 is 6.03 Å². The SMILES string of the molecule is [C-]#[N+]c1ccc(N2C(=O)N[C@](CS(=O)(=O)c3ccc(F)cc3)(c3ccccc3)C2=O)cc1C. The molecule has 1 saturated heterocycles. The van der Waals surface area contributed by atoms with Crippen LogP contribution in [-0.2, 0) is 20.2 Å². The Labute approximate surface area is 190 Å². The summed E-state index contributed by atoms with van der Waals surface area (Å²) in [7, 11) is -4.12. The van der Waals surface area contributed by atoms with Crippen molar-refractivity contribution in [2.24, 2.45) is 0 Å². The largest absolute Gasteiger partial charge is 0.329 e. The van der Waals surface area contributed by atoms with Gasteiger partial charge in [0.2, 0.25) is 0 Å². The van der Waals surface area contributed by atoms with Crippen LogP contribution in [0.1, 0.15) is 11.1 Å². The van der Waals surface area contributed by atoms with Gasteiger partial charge < -0.3 is 5.32 Å². The number of rotatable bonds is 5. The molecule has 0 aliphatic carbocycles. The van der Waals surface area contributed by atoms with Gasteiger partial charge in [0, 0.05) is 0 Å². The zero-order valence-corrected chi connectivity index (χ0v) is 18.3. The van der Waals surface area contributed by atoms with Gasteiger partial charge in [-0.25, -0.2) is 27.3 Å². The molecule has 1 fully saturated rings. The molecule has 0 unspecified atom stereocenters. The van der Waals surface area contributed by atoms with Crippen LogP contribution < -0.4 is 10.2 Å². The number of imide groups is 1. The third kappa shape index (κ3) is 3.85. The van der Waals surface area contributed by atoms with Crippen LogP contribution in [0.4, 0.5) is 20.6 Å².